The normalized spacial score (nSPS) is 9.62. The fourth-order valence-corrected chi connectivity index (χ4v) is 2.36. The number of rotatable bonds is 3. The maximum atomic E-state index is 11.8. The Morgan fingerprint density at radius 3 is 2.69 bits per heavy atom. The van der Waals surface area contributed by atoms with Gasteiger partial charge < -0.3 is 16.0 Å². The van der Waals surface area contributed by atoms with Crippen LogP contribution in [-0.2, 0) is 0 Å². The summed E-state index contributed by atoms with van der Waals surface area (Å²) in [7, 11) is 3.31. The number of nitrogens with zero attached hydrogens (tertiary/aromatic N) is 2. The highest BCUT2D eigenvalue weighted by atomic mass is 32.1. The highest BCUT2D eigenvalue weighted by molar-refractivity contribution is 7.18. The first-order valence-electron chi connectivity index (χ1n) is 4.80. The van der Waals surface area contributed by atoms with Gasteiger partial charge in [-0.25, -0.2) is 0 Å². The SMILES string of the molecule is CCNc1sc(C(=O)N(C)C)c(N)c1C#N. The van der Waals surface area contributed by atoms with Crippen molar-refractivity contribution in [1.29, 1.82) is 5.26 Å². The van der Waals surface area contributed by atoms with E-state index < -0.39 is 0 Å². The van der Waals surface area contributed by atoms with Crippen molar-refractivity contribution in [2.75, 3.05) is 31.7 Å². The Balaban J connectivity index is 3.23. The van der Waals surface area contributed by atoms with Crippen LogP contribution in [-0.4, -0.2) is 31.4 Å². The lowest BCUT2D eigenvalue weighted by Gasteiger charge is -2.08. The van der Waals surface area contributed by atoms with E-state index in [0.29, 0.717) is 22.0 Å². The summed E-state index contributed by atoms with van der Waals surface area (Å²) in [5, 5.41) is 12.7. The zero-order chi connectivity index (χ0) is 12.3. The third kappa shape index (κ3) is 2.09. The van der Waals surface area contributed by atoms with Crippen LogP contribution < -0.4 is 11.1 Å². The molecular formula is C10H14N4OS. The van der Waals surface area contributed by atoms with Crippen LogP contribution in [0.25, 0.3) is 0 Å². The van der Waals surface area contributed by atoms with Gasteiger partial charge in [0.1, 0.15) is 21.5 Å². The first kappa shape index (κ1) is 12.3. The van der Waals surface area contributed by atoms with Crippen LogP contribution in [0.15, 0.2) is 0 Å². The Hall–Kier alpha value is -1.74. The van der Waals surface area contributed by atoms with E-state index in [2.05, 4.69) is 5.32 Å². The molecule has 1 heterocycles. The molecule has 0 aliphatic rings. The topological polar surface area (TPSA) is 82.2 Å². The van der Waals surface area contributed by atoms with Gasteiger partial charge in [-0.1, -0.05) is 0 Å². The Kier molecular flexibility index (Phi) is 3.74. The monoisotopic (exact) mass is 238 g/mol. The second-order valence-corrected chi connectivity index (χ2v) is 4.41. The van der Waals surface area contributed by atoms with Crippen LogP contribution in [0, 0.1) is 11.3 Å². The Morgan fingerprint density at radius 1 is 1.62 bits per heavy atom. The van der Waals surface area contributed by atoms with Gasteiger partial charge in [-0.2, -0.15) is 5.26 Å². The minimum Gasteiger partial charge on any atom is -0.396 e. The van der Waals surface area contributed by atoms with Crippen molar-refractivity contribution in [2.24, 2.45) is 0 Å². The van der Waals surface area contributed by atoms with Crippen LogP contribution in [0.5, 0.6) is 0 Å². The van der Waals surface area contributed by atoms with Crippen LogP contribution in [0.1, 0.15) is 22.2 Å². The summed E-state index contributed by atoms with van der Waals surface area (Å²) in [6.07, 6.45) is 0. The van der Waals surface area contributed by atoms with E-state index in [4.69, 9.17) is 11.0 Å². The lowest BCUT2D eigenvalue weighted by atomic mass is 10.2. The average molecular weight is 238 g/mol. The predicted octanol–water partition coefficient (Wildman–Crippen LogP) is 1.34. The molecular weight excluding hydrogens is 224 g/mol. The largest absolute Gasteiger partial charge is 0.396 e. The first-order chi connectivity index (χ1) is 7.52. The van der Waals surface area contributed by atoms with Gasteiger partial charge in [-0.3, -0.25) is 4.79 Å². The van der Waals surface area contributed by atoms with Crippen molar-refractivity contribution in [3.8, 4) is 6.07 Å². The summed E-state index contributed by atoms with van der Waals surface area (Å²) in [6.45, 7) is 2.61. The quantitative estimate of drug-likeness (QED) is 0.832. The summed E-state index contributed by atoms with van der Waals surface area (Å²) < 4.78 is 0. The summed E-state index contributed by atoms with van der Waals surface area (Å²) in [6, 6.07) is 2.02. The second-order valence-electron chi connectivity index (χ2n) is 3.39. The summed E-state index contributed by atoms with van der Waals surface area (Å²) >= 11 is 1.22. The van der Waals surface area contributed by atoms with Gasteiger partial charge in [0.2, 0.25) is 0 Å². The number of nitriles is 1. The number of nitrogens with one attached hydrogen (secondary N) is 1. The molecule has 0 spiro atoms. The molecule has 0 aliphatic carbocycles. The summed E-state index contributed by atoms with van der Waals surface area (Å²) in [4.78, 5) is 13.6. The van der Waals surface area contributed by atoms with Crippen molar-refractivity contribution in [1.82, 2.24) is 4.90 Å². The number of nitrogens with two attached hydrogens (primary N) is 1. The molecule has 1 aromatic rings. The number of carbonyl (C=O) groups excluding carboxylic acids is 1. The number of thiophene rings is 1. The number of hydrogen-bond donors (Lipinski definition) is 2. The fourth-order valence-electron chi connectivity index (χ4n) is 1.20. The van der Waals surface area contributed by atoms with E-state index in [0.717, 1.165) is 0 Å². The molecule has 0 aliphatic heterocycles. The standard InChI is InChI=1S/C10H14N4OS/c1-4-13-9-6(5-11)7(12)8(16-9)10(15)14(2)3/h13H,4,12H2,1-3H3. The van der Waals surface area contributed by atoms with Gasteiger partial charge >= 0.3 is 0 Å². The van der Waals surface area contributed by atoms with Crippen LogP contribution in [0.2, 0.25) is 0 Å². The first-order valence-corrected chi connectivity index (χ1v) is 5.62. The molecule has 0 atom stereocenters. The molecule has 0 saturated carbocycles. The number of carbonyl (C=O) groups is 1. The molecule has 0 bridgehead atoms. The highest BCUT2D eigenvalue weighted by Crippen LogP contribution is 2.35. The molecule has 6 heteroatoms. The average Bonchev–Trinajstić information content (AvgIpc) is 2.54. The van der Waals surface area contributed by atoms with Gasteiger partial charge in [-0.05, 0) is 6.92 Å². The van der Waals surface area contributed by atoms with Crippen molar-refractivity contribution < 1.29 is 4.79 Å². The highest BCUT2D eigenvalue weighted by Gasteiger charge is 2.21. The molecule has 1 rings (SSSR count). The number of amides is 1. The van der Waals surface area contributed by atoms with Gasteiger partial charge in [0, 0.05) is 20.6 Å². The van der Waals surface area contributed by atoms with Crippen LogP contribution in [0.4, 0.5) is 10.7 Å². The molecule has 0 saturated heterocycles. The van der Waals surface area contributed by atoms with Crippen molar-refractivity contribution >= 4 is 27.9 Å². The summed E-state index contributed by atoms with van der Waals surface area (Å²) in [5.41, 5.74) is 6.41. The molecule has 0 radical (unpaired) electrons. The smallest absolute Gasteiger partial charge is 0.265 e. The predicted molar refractivity (Wildman–Crippen MR) is 65.6 cm³/mol. The van der Waals surface area contributed by atoms with Crippen molar-refractivity contribution in [3.63, 3.8) is 0 Å². The lowest BCUT2D eigenvalue weighted by Crippen LogP contribution is -2.21. The van der Waals surface area contributed by atoms with E-state index in [9.17, 15) is 4.79 Å². The molecule has 5 nitrogen and oxygen atoms in total. The third-order valence-corrected chi connectivity index (χ3v) is 3.15. The number of nitrogen functional groups attached to an aromatic ring is 1. The van der Waals surface area contributed by atoms with Gasteiger partial charge in [-0.15, -0.1) is 11.3 Å². The Morgan fingerprint density at radius 2 is 2.25 bits per heavy atom. The zero-order valence-corrected chi connectivity index (χ0v) is 10.3. The van der Waals surface area contributed by atoms with E-state index in [1.807, 2.05) is 13.0 Å². The van der Waals surface area contributed by atoms with Gasteiger partial charge in [0.25, 0.3) is 5.91 Å². The Bertz CT molecular complexity index is 444. The minimum atomic E-state index is -0.178. The van der Waals surface area contributed by atoms with E-state index in [1.54, 1.807) is 14.1 Å². The minimum absolute atomic E-state index is 0.178. The molecule has 16 heavy (non-hydrogen) atoms. The van der Waals surface area contributed by atoms with E-state index >= 15 is 0 Å². The van der Waals surface area contributed by atoms with Crippen molar-refractivity contribution in [3.05, 3.63) is 10.4 Å². The summed E-state index contributed by atoms with van der Waals surface area (Å²) in [5.74, 6) is -0.178. The Labute approximate surface area is 98.5 Å². The number of anilines is 2. The molecule has 86 valence electrons. The molecule has 0 fully saturated rings. The third-order valence-electron chi connectivity index (χ3n) is 1.99. The lowest BCUT2D eigenvalue weighted by molar-refractivity contribution is 0.0833. The van der Waals surface area contributed by atoms with Gasteiger partial charge in [0.15, 0.2) is 0 Å². The maximum Gasteiger partial charge on any atom is 0.265 e. The number of hydrogen-bond acceptors (Lipinski definition) is 5. The van der Waals surface area contributed by atoms with Crippen LogP contribution >= 0.6 is 11.3 Å². The molecule has 0 aromatic carbocycles. The molecule has 1 amide bonds. The second kappa shape index (κ2) is 4.86. The van der Waals surface area contributed by atoms with E-state index in [-0.39, 0.29) is 11.6 Å². The molecule has 0 unspecified atom stereocenters. The zero-order valence-electron chi connectivity index (χ0n) is 9.50. The van der Waals surface area contributed by atoms with Crippen LogP contribution in [0.3, 0.4) is 0 Å². The fraction of sp³-hybridized carbons (Fsp3) is 0.400. The van der Waals surface area contributed by atoms with E-state index in [1.165, 1.54) is 16.2 Å². The van der Waals surface area contributed by atoms with Gasteiger partial charge in [0.05, 0.1) is 5.69 Å². The molecule has 3 N–H and O–H groups in total. The molecule has 1 aromatic heterocycles. The maximum absolute atomic E-state index is 11.8. The van der Waals surface area contributed by atoms with Crippen molar-refractivity contribution in [2.45, 2.75) is 6.92 Å².